The summed E-state index contributed by atoms with van der Waals surface area (Å²) >= 11 is 6.31. The van der Waals surface area contributed by atoms with E-state index in [1.54, 1.807) is 7.11 Å². The van der Waals surface area contributed by atoms with Gasteiger partial charge in [0, 0.05) is 56.0 Å². The van der Waals surface area contributed by atoms with Crippen LogP contribution in [0.15, 0.2) is 42.5 Å². The Morgan fingerprint density at radius 1 is 1.23 bits per heavy atom. The second kappa shape index (κ2) is 10.8. The molecule has 0 saturated carbocycles. The first-order chi connectivity index (χ1) is 14.5. The van der Waals surface area contributed by atoms with E-state index in [1.165, 1.54) is 12.1 Å². The number of hydrogen-bond donors (Lipinski definition) is 2. The first-order valence-corrected chi connectivity index (χ1v) is 10.3. The van der Waals surface area contributed by atoms with Gasteiger partial charge >= 0.3 is 0 Å². The smallest absolute Gasteiger partial charge is 0.237 e. The molecule has 1 heterocycles. The van der Waals surface area contributed by atoms with Gasteiger partial charge in [0.1, 0.15) is 11.6 Å². The molecular formula is C22H26ClF2N3O2. The molecule has 8 heteroatoms. The number of rotatable bonds is 9. The molecule has 1 amide bonds. The molecule has 1 aliphatic heterocycles. The van der Waals surface area contributed by atoms with E-state index in [9.17, 15) is 13.6 Å². The molecule has 30 heavy (non-hydrogen) atoms. The molecule has 0 aliphatic carbocycles. The fourth-order valence-electron chi connectivity index (χ4n) is 3.66. The van der Waals surface area contributed by atoms with Crippen molar-refractivity contribution in [2.75, 3.05) is 26.8 Å². The third kappa shape index (κ3) is 5.98. The number of nitrogens with zero attached hydrogens (tertiary/aromatic N) is 1. The minimum Gasteiger partial charge on any atom is -0.383 e. The van der Waals surface area contributed by atoms with Gasteiger partial charge in [-0.3, -0.25) is 9.69 Å². The van der Waals surface area contributed by atoms with Crippen LogP contribution in [0.5, 0.6) is 0 Å². The zero-order valence-corrected chi connectivity index (χ0v) is 17.6. The maximum Gasteiger partial charge on any atom is 0.237 e. The molecule has 5 nitrogen and oxygen atoms in total. The predicted molar refractivity (Wildman–Crippen MR) is 112 cm³/mol. The summed E-state index contributed by atoms with van der Waals surface area (Å²) in [4.78, 5) is 14.8. The molecule has 2 N–H and O–H groups in total. The average molecular weight is 438 g/mol. The number of methoxy groups -OCH3 is 1. The molecule has 1 aliphatic rings. The van der Waals surface area contributed by atoms with Gasteiger partial charge in [0.2, 0.25) is 5.91 Å². The quantitative estimate of drug-likeness (QED) is 0.592. The first-order valence-electron chi connectivity index (χ1n) is 9.89. The van der Waals surface area contributed by atoms with E-state index < -0.39 is 11.6 Å². The number of likely N-dealkylation sites (tertiary alicyclic amines) is 1. The number of nitrogens with one attached hydrogen (secondary N) is 2. The summed E-state index contributed by atoms with van der Waals surface area (Å²) < 4.78 is 32.0. The molecule has 0 spiro atoms. The van der Waals surface area contributed by atoms with E-state index >= 15 is 0 Å². The second-order valence-corrected chi connectivity index (χ2v) is 7.78. The highest BCUT2D eigenvalue weighted by Crippen LogP contribution is 2.24. The van der Waals surface area contributed by atoms with Crippen molar-refractivity contribution in [3.8, 4) is 0 Å². The van der Waals surface area contributed by atoms with Crippen molar-refractivity contribution in [1.82, 2.24) is 15.5 Å². The number of ether oxygens (including phenoxy) is 1. The fraction of sp³-hybridized carbons (Fsp3) is 0.409. The molecule has 162 valence electrons. The van der Waals surface area contributed by atoms with Gasteiger partial charge in [-0.05, 0) is 24.1 Å². The Kier molecular flexibility index (Phi) is 8.16. The van der Waals surface area contributed by atoms with Gasteiger partial charge in [0.05, 0.1) is 12.6 Å². The Labute approximate surface area is 180 Å². The van der Waals surface area contributed by atoms with Crippen LogP contribution in [0.3, 0.4) is 0 Å². The van der Waals surface area contributed by atoms with Gasteiger partial charge in [-0.15, -0.1) is 0 Å². The summed E-state index contributed by atoms with van der Waals surface area (Å²) in [5.74, 6) is -1.26. The lowest BCUT2D eigenvalue weighted by atomic mass is 10.1. The Morgan fingerprint density at radius 2 is 2.03 bits per heavy atom. The number of carbonyl (C=O) groups excluding carboxylic acids is 1. The van der Waals surface area contributed by atoms with E-state index in [2.05, 4.69) is 15.5 Å². The molecule has 1 fully saturated rings. The summed E-state index contributed by atoms with van der Waals surface area (Å²) in [6.45, 7) is 2.27. The van der Waals surface area contributed by atoms with Crippen molar-refractivity contribution in [2.45, 2.75) is 31.6 Å². The molecule has 0 radical (unpaired) electrons. The van der Waals surface area contributed by atoms with E-state index in [-0.39, 0.29) is 24.5 Å². The maximum atomic E-state index is 13.9. The molecule has 0 bridgehead atoms. The summed E-state index contributed by atoms with van der Waals surface area (Å²) in [6.07, 6.45) is 0.575. The maximum absolute atomic E-state index is 13.9. The van der Waals surface area contributed by atoms with Crippen LogP contribution < -0.4 is 10.6 Å². The zero-order chi connectivity index (χ0) is 21.5. The molecule has 3 rings (SSSR count). The Bertz CT molecular complexity index is 868. The van der Waals surface area contributed by atoms with Crippen molar-refractivity contribution in [1.29, 1.82) is 0 Å². The van der Waals surface area contributed by atoms with E-state index in [4.69, 9.17) is 16.3 Å². The van der Waals surface area contributed by atoms with Crippen LogP contribution in [0, 0.1) is 11.6 Å². The van der Waals surface area contributed by atoms with Crippen LogP contribution in [0.1, 0.15) is 17.5 Å². The number of halogens is 3. The minimum atomic E-state index is -0.601. The van der Waals surface area contributed by atoms with Crippen molar-refractivity contribution in [2.24, 2.45) is 0 Å². The van der Waals surface area contributed by atoms with Crippen LogP contribution in [-0.4, -0.2) is 49.7 Å². The SMILES string of the molecule is COCCNC(=O)[C@@H]1C[C@@H](NCc2ccc(F)cc2F)CN1Cc1ccccc1Cl. The van der Waals surface area contributed by atoms with Crippen LogP contribution in [0.25, 0.3) is 0 Å². The Morgan fingerprint density at radius 3 is 2.77 bits per heavy atom. The number of amides is 1. The van der Waals surface area contributed by atoms with Gasteiger partial charge < -0.3 is 15.4 Å². The highest BCUT2D eigenvalue weighted by Gasteiger charge is 2.36. The van der Waals surface area contributed by atoms with Gasteiger partial charge in [0.25, 0.3) is 0 Å². The lowest BCUT2D eigenvalue weighted by Gasteiger charge is -2.24. The highest BCUT2D eigenvalue weighted by atomic mass is 35.5. The van der Waals surface area contributed by atoms with Crippen molar-refractivity contribution >= 4 is 17.5 Å². The number of hydrogen-bond acceptors (Lipinski definition) is 4. The largest absolute Gasteiger partial charge is 0.383 e. The van der Waals surface area contributed by atoms with Crippen LogP contribution in [-0.2, 0) is 22.6 Å². The molecule has 0 aromatic heterocycles. The van der Waals surface area contributed by atoms with E-state index in [0.29, 0.717) is 43.2 Å². The number of benzene rings is 2. The summed E-state index contributed by atoms with van der Waals surface area (Å²) in [5.41, 5.74) is 1.33. The third-order valence-electron chi connectivity index (χ3n) is 5.24. The Hall–Kier alpha value is -2.06. The molecule has 1 saturated heterocycles. The van der Waals surface area contributed by atoms with Gasteiger partial charge in [-0.1, -0.05) is 35.9 Å². The molecule has 2 aromatic rings. The predicted octanol–water partition coefficient (Wildman–Crippen LogP) is 3.11. The van der Waals surface area contributed by atoms with Crippen molar-refractivity contribution in [3.05, 3.63) is 70.2 Å². The first kappa shape index (κ1) is 22.6. The fourth-order valence-corrected chi connectivity index (χ4v) is 3.85. The van der Waals surface area contributed by atoms with E-state index in [0.717, 1.165) is 11.6 Å². The molecular weight excluding hydrogens is 412 g/mol. The van der Waals surface area contributed by atoms with Crippen LogP contribution in [0.2, 0.25) is 5.02 Å². The third-order valence-corrected chi connectivity index (χ3v) is 5.61. The lowest BCUT2D eigenvalue weighted by molar-refractivity contribution is -0.125. The normalized spacial score (nSPS) is 19.2. The standard InChI is InChI=1S/C22H26ClF2N3O2/c1-30-9-8-26-22(29)21-11-18(27-12-15-6-7-17(24)10-20(15)25)14-28(21)13-16-4-2-3-5-19(16)23/h2-7,10,18,21,27H,8-9,11-14H2,1H3,(H,26,29)/t18-,21+/m1/s1. The number of carbonyl (C=O) groups is 1. The van der Waals surface area contributed by atoms with Crippen molar-refractivity contribution in [3.63, 3.8) is 0 Å². The monoisotopic (exact) mass is 437 g/mol. The van der Waals surface area contributed by atoms with Crippen molar-refractivity contribution < 1.29 is 18.3 Å². The van der Waals surface area contributed by atoms with Crippen LogP contribution >= 0.6 is 11.6 Å². The molecule has 2 aromatic carbocycles. The van der Waals surface area contributed by atoms with Gasteiger partial charge in [0.15, 0.2) is 0 Å². The summed E-state index contributed by atoms with van der Waals surface area (Å²) in [7, 11) is 1.58. The second-order valence-electron chi connectivity index (χ2n) is 7.37. The van der Waals surface area contributed by atoms with Gasteiger partial charge in [-0.25, -0.2) is 8.78 Å². The highest BCUT2D eigenvalue weighted by molar-refractivity contribution is 6.31. The molecule has 2 atom stereocenters. The zero-order valence-electron chi connectivity index (χ0n) is 16.8. The molecule has 0 unspecified atom stereocenters. The minimum absolute atomic E-state index is 0.0184. The van der Waals surface area contributed by atoms with Crippen LogP contribution in [0.4, 0.5) is 8.78 Å². The van der Waals surface area contributed by atoms with E-state index in [1.807, 2.05) is 24.3 Å². The Balaban J connectivity index is 1.67. The topological polar surface area (TPSA) is 53.6 Å². The summed E-state index contributed by atoms with van der Waals surface area (Å²) in [5, 5.41) is 6.85. The average Bonchev–Trinajstić information content (AvgIpc) is 3.12. The van der Waals surface area contributed by atoms with Gasteiger partial charge in [-0.2, -0.15) is 0 Å². The summed E-state index contributed by atoms with van der Waals surface area (Å²) in [6, 6.07) is 10.7. The lowest BCUT2D eigenvalue weighted by Crippen LogP contribution is -2.43.